The van der Waals surface area contributed by atoms with Crippen LogP contribution in [0.2, 0.25) is 0 Å². The van der Waals surface area contributed by atoms with E-state index in [1.165, 1.54) is 11.3 Å². The largest absolute Gasteiger partial charge is 0.494 e. The first-order chi connectivity index (χ1) is 11.8. The third-order valence-corrected chi connectivity index (χ3v) is 3.88. The lowest BCUT2D eigenvalue weighted by Crippen LogP contribution is -2.18. The summed E-state index contributed by atoms with van der Waals surface area (Å²) >= 11 is 0. The molecule has 0 saturated carbocycles. The van der Waals surface area contributed by atoms with Crippen LogP contribution in [-0.4, -0.2) is 20.4 Å². The summed E-state index contributed by atoms with van der Waals surface area (Å²) in [6.45, 7) is 0. The van der Waals surface area contributed by atoms with Gasteiger partial charge in [0.15, 0.2) is 0 Å². The van der Waals surface area contributed by atoms with Crippen molar-refractivity contribution in [3.05, 3.63) is 84.1 Å². The molecule has 2 aromatic rings. The van der Waals surface area contributed by atoms with Crippen molar-refractivity contribution in [1.82, 2.24) is 0 Å². The van der Waals surface area contributed by atoms with E-state index in [0.717, 1.165) is 17.1 Å². The number of likely N-dealkylation sites (N-methyl/N-ethyl adjacent to an activating group) is 1. The molecule has 24 heavy (non-hydrogen) atoms. The smallest absolute Gasteiger partial charge is 0.144 e. The topological polar surface area (TPSA) is 24.8 Å². The number of benzene rings is 2. The lowest BCUT2D eigenvalue weighted by Gasteiger charge is -2.25. The summed E-state index contributed by atoms with van der Waals surface area (Å²) in [6, 6.07) is 16.1. The Labute approximate surface area is 142 Å². The Kier molecular flexibility index (Phi) is 4.92. The van der Waals surface area contributed by atoms with E-state index in [-0.39, 0.29) is 0 Å². The normalized spacial score (nSPS) is 15.4. The maximum atomic E-state index is 5.28. The molecule has 0 saturated heterocycles. The molecule has 0 N–H and O–H groups in total. The Morgan fingerprint density at radius 2 is 1.75 bits per heavy atom. The molecule has 3 heteroatoms. The molecule has 0 bridgehead atoms. The SMILES string of the molecule is COc1ccccc1N=C/C=C/C=C1/C=Cc2ccccc2N1C. The van der Waals surface area contributed by atoms with Gasteiger partial charge < -0.3 is 9.64 Å². The van der Waals surface area contributed by atoms with Gasteiger partial charge in [0.05, 0.1) is 7.11 Å². The number of hydrogen-bond acceptors (Lipinski definition) is 3. The average molecular weight is 316 g/mol. The van der Waals surface area contributed by atoms with Crippen molar-refractivity contribution in [3.8, 4) is 5.75 Å². The first-order valence-corrected chi connectivity index (χ1v) is 7.84. The van der Waals surface area contributed by atoms with Gasteiger partial charge in [-0.15, -0.1) is 0 Å². The molecule has 1 aliphatic heterocycles. The number of fused-ring (bicyclic) bond motifs is 1. The minimum Gasteiger partial charge on any atom is -0.494 e. The first-order valence-electron chi connectivity index (χ1n) is 7.84. The van der Waals surface area contributed by atoms with E-state index in [1.54, 1.807) is 13.3 Å². The Balaban J connectivity index is 1.70. The summed E-state index contributed by atoms with van der Waals surface area (Å²) in [5, 5.41) is 0. The number of ether oxygens (including phenoxy) is 1. The summed E-state index contributed by atoms with van der Waals surface area (Å²) in [5.74, 6) is 0.770. The number of aliphatic imine (C=N–C) groups is 1. The third kappa shape index (κ3) is 3.46. The van der Waals surface area contributed by atoms with Crippen LogP contribution in [0.5, 0.6) is 5.75 Å². The monoisotopic (exact) mass is 316 g/mol. The van der Waals surface area contributed by atoms with E-state index in [0.29, 0.717) is 0 Å². The van der Waals surface area contributed by atoms with Crippen LogP contribution < -0.4 is 9.64 Å². The van der Waals surface area contributed by atoms with Crippen LogP contribution in [0.15, 0.2) is 83.5 Å². The van der Waals surface area contributed by atoms with E-state index in [1.807, 2.05) is 36.4 Å². The van der Waals surface area contributed by atoms with E-state index >= 15 is 0 Å². The van der Waals surface area contributed by atoms with E-state index < -0.39 is 0 Å². The van der Waals surface area contributed by atoms with Gasteiger partial charge in [-0.1, -0.05) is 42.5 Å². The molecule has 0 aliphatic carbocycles. The van der Waals surface area contributed by atoms with Crippen LogP contribution in [-0.2, 0) is 0 Å². The van der Waals surface area contributed by atoms with Crippen molar-refractivity contribution in [2.75, 3.05) is 19.1 Å². The zero-order valence-corrected chi connectivity index (χ0v) is 13.9. The van der Waals surface area contributed by atoms with Crippen LogP contribution in [0.1, 0.15) is 5.56 Å². The van der Waals surface area contributed by atoms with Crippen LogP contribution in [0.25, 0.3) is 6.08 Å². The van der Waals surface area contributed by atoms with E-state index in [2.05, 4.69) is 59.4 Å². The fourth-order valence-electron chi connectivity index (χ4n) is 2.59. The Hall–Kier alpha value is -3.07. The fraction of sp³-hybridized carbons (Fsp3) is 0.0952. The van der Waals surface area contributed by atoms with Crippen molar-refractivity contribution < 1.29 is 4.74 Å². The lowest BCUT2D eigenvalue weighted by atomic mass is 10.1. The van der Waals surface area contributed by atoms with Crippen molar-refractivity contribution >= 4 is 23.7 Å². The molecule has 0 aromatic heterocycles. The molecular formula is C21H20N2O. The number of para-hydroxylation sites is 3. The van der Waals surface area contributed by atoms with Gasteiger partial charge in [0, 0.05) is 24.6 Å². The predicted octanol–water partition coefficient (Wildman–Crippen LogP) is 5.00. The summed E-state index contributed by atoms with van der Waals surface area (Å²) in [7, 11) is 3.72. The fourth-order valence-corrected chi connectivity index (χ4v) is 2.59. The number of allylic oxidation sites excluding steroid dienone is 4. The second kappa shape index (κ2) is 7.47. The molecule has 0 radical (unpaired) electrons. The van der Waals surface area contributed by atoms with Gasteiger partial charge in [-0.2, -0.15) is 0 Å². The molecule has 1 heterocycles. The molecule has 0 atom stereocenters. The first kappa shape index (κ1) is 15.8. The molecule has 0 amide bonds. The van der Waals surface area contributed by atoms with Crippen molar-refractivity contribution in [2.45, 2.75) is 0 Å². The summed E-state index contributed by atoms with van der Waals surface area (Å²) in [4.78, 5) is 6.59. The van der Waals surface area contributed by atoms with Crippen molar-refractivity contribution in [1.29, 1.82) is 0 Å². The van der Waals surface area contributed by atoms with E-state index in [4.69, 9.17) is 4.74 Å². The van der Waals surface area contributed by atoms with Gasteiger partial charge in [-0.25, -0.2) is 0 Å². The quantitative estimate of drug-likeness (QED) is 0.741. The highest BCUT2D eigenvalue weighted by Crippen LogP contribution is 2.29. The van der Waals surface area contributed by atoms with Gasteiger partial charge in [0.1, 0.15) is 11.4 Å². The standard InChI is InChI=1S/C21H20N2O/c1-23-18(15-14-17-9-3-5-12-20(17)23)10-7-8-16-22-19-11-4-6-13-21(19)24-2/h3-16H,1-2H3/b8-7+,18-10-,22-16?. The van der Waals surface area contributed by atoms with Crippen LogP contribution >= 0.6 is 0 Å². The Morgan fingerprint density at radius 1 is 0.958 bits per heavy atom. The molecule has 0 spiro atoms. The summed E-state index contributed by atoms with van der Waals surface area (Å²) in [5.41, 5.74) is 4.40. The van der Waals surface area contributed by atoms with Crippen LogP contribution in [0.4, 0.5) is 11.4 Å². The van der Waals surface area contributed by atoms with Crippen LogP contribution in [0, 0.1) is 0 Å². The second-order valence-electron chi connectivity index (χ2n) is 5.38. The third-order valence-electron chi connectivity index (χ3n) is 3.88. The molecular weight excluding hydrogens is 296 g/mol. The molecule has 2 aromatic carbocycles. The zero-order valence-electron chi connectivity index (χ0n) is 13.9. The minimum absolute atomic E-state index is 0.770. The van der Waals surface area contributed by atoms with Crippen molar-refractivity contribution in [2.24, 2.45) is 4.99 Å². The lowest BCUT2D eigenvalue weighted by molar-refractivity contribution is 0.416. The molecule has 3 rings (SSSR count). The molecule has 3 nitrogen and oxygen atoms in total. The predicted molar refractivity (Wildman–Crippen MR) is 102 cm³/mol. The molecule has 0 fully saturated rings. The zero-order chi connectivity index (χ0) is 16.8. The molecule has 120 valence electrons. The Morgan fingerprint density at radius 3 is 2.62 bits per heavy atom. The maximum Gasteiger partial charge on any atom is 0.144 e. The second-order valence-corrected chi connectivity index (χ2v) is 5.38. The van der Waals surface area contributed by atoms with Gasteiger partial charge in [-0.3, -0.25) is 4.99 Å². The number of methoxy groups -OCH3 is 1. The number of rotatable bonds is 4. The summed E-state index contributed by atoms with van der Waals surface area (Å²) < 4.78 is 5.28. The van der Waals surface area contributed by atoms with Crippen molar-refractivity contribution in [3.63, 3.8) is 0 Å². The Bertz CT molecular complexity index is 831. The summed E-state index contributed by atoms with van der Waals surface area (Å²) in [6.07, 6.45) is 12.0. The highest BCUT2D eigenvalue weighted by atomic mass is 16.5. The van der Waals surface area contributed by atoms with Gasteiger partial charge in [-0.05, 0) is 42.0 Å². The maximum absolute atomic E-state index is 5.28. The molecule has 0 unspecified atom stereocenters. The highest BCUT2D eigenvalue weighted by molar-refractivity contribution is 5.78. The van der Waals surface area contributed by atoms with Crippen LogP contribution in [0.3, 0.4) is 0 Å². The van der Waals surface area contributed by atoms with Gasteiger partial charge >= 0.3 is 0 Å². The highest BCUT2D eigenvalue weighted by Gasteiger charge is 2.11. The van der Waals surface area contributed by atoms with Gasteiger partial charge in [0.25, 0.3) is 0 Å². The number of hydrogen-bond donors (Lipinski definition) is 0. The number of nitrogens with zero attached hydrogens (tertiary/aromatic N) is 2. The minimum atomic E-state index is 0.770. The van der Waals surface area contributed by atoms with E-state index in [9.17, 15) is 0 Å². The van der Waals surface area contributed by atoms with Gasteiger partial charge in [0.2, 0.25) is 0 Å². The molecule has 1 aliphatic rings. The number of anilines is 1. The average Bonchev–Trinajstić information content (AvgIpc) is 2.63.